The molecule has 4 heteroatoms. The van der Waals surface area contributed by atoms with Crippen LogP contribution in [0.4, 0.5) is 0 Å². The predicted molar refractivity (Wildman–Crippen MR) is 36.5 cm³/mol. The number of carboxylic acid groups (broad SMARTS) is 1. The zero-order valence-electron chi connectivity index (χ0n) is 6.11. The summed E-state index contributed by atoms with van der Waals surface area (Å²) < 4.78 is 0. The summed E-state index contributed by atoms with van der Waals surface area (Å²) in [4.78, 5) is 10.2. The van der Waals surface area contributed by atoms with E-state index in [4.69, 9.17) is 15.9 Å². The van der Waals surface area contributed by atoms with Crippen molar-refractivity contribution in [3.8, 4) is 0 Å². The molecule has 0 heterocycles. The SMILES string of the molecule is CC([C@H](N)C(=O)O)[C@@H](C)O. The summed E-state index contributed by atoms with van der Waals surface area (Å²) in [6.07, 6.45) is -0.675. The Balaban J connectivity index is 3.94. The Morgan fingerprint density at radius 1 is 1.50 bits per heavy atom. The fourth-order valence-electron chi connectivity index (χ4n) is 0.525. The molecular weight excluding hydrogens is 134 g/mol. The lowest BCUT2D eigenvalue weighted by atomic mass is 9.98. The molecule has 0 aromatic rings. The molecule has 0 aromatic carbocycles. The average Bonchev–Trinajstić information content (AvgIpc) is 1.84. The van der Waals surface area contributed by atoms with E-state index in [1.807, 2.05) is 0 Å². The van der Waals surface area contributed by atoms with Crippen LogP contribution in [0, 0.1) is 5.92 Å². The minimum atomic E-state index is -1.08. The van der Waals surface area contributed by atoms with Crippen LogP contribution in [0.25, 0.3) is 0 Å². The van der Waals surface area contributed by atoms with Crippen LogP contribution < -0.4 is 5.73 Å². The first-order chi connectivity index (χ1) is 4.46. The van der Waals surface area contributed by atoms with Crippen LogP contribution in [0.15, 0.2) is 0 Å². The van der Waals surface area contributed by atoms with E-state index >= 15 is 0 Å². The normalized spacial score (nSPS) is 19.6. The number of aliphatic carboxylic acids is 1. The third kappa shape index (κ3) is 2.33. The van der Waals surface area contributed by atoms with Gasteiger partial charge < -0.3 is 15.9 Å². The molecule has 4 nitrogen and oxygen atoms in total. The largest absolute Gasteiger partial charge is 0.480 e. The maximum Gasteiger partial charge on any atom is 0.320 e. The Kier molecular flexibility index (Phi) is 3.32. The molecule has 3 atom stereocenters. The fraction of sp³-hybridized carbons (Fsp3) is 0.833. The first-order valence-corrected chi connectivity index (χ1v) is 3.13. The molecule has 0 rings (SSSR count). The van der Waals surface area contributed by atoms with Gasteiger partial charge in [-0.15, -0.1) is 0 Å². The molecule has 10 heavy (non-hydrogen) atoms. The van der Waals surface area contributed by atoms with Gasteiger partial charge in [0.05, 0.1) is 6.10 Å². The molecule has 60 valence electrons. The summed E-state index contributed by atoms with van der Waals surface area (Å²) in [6.45, 7) is 3.12. The van der Waals surface area contributed by atoms with Gasteiger partial charge in [-0.05, 0) is 6.92 Å². The summed E-state index contributed by atoms with van der Waals surface area (Å²) in [7, 11) is 0. The molecule has 0 aliphatic carbocycles. The molecule has 0 spiro atoms. The van der Waals surface area contributed by atoms with Crippen molar-refractivity contribution in [2.75, 3.05) is 0 Å². The van der Waals surface area contributed by atoms with E-state index < -0.39 is 24.0 Å². The molecule has 0 aromatic heterocycles. The van der Waals surface area contributed by atoms with E-state index in [0.29, 0.717) is 0 Å². The Bertz CT molecular complexity index is 124. The zero-order valence-corrected chi connectivity index (χ0v) is 6.11. The number of rotatable bonds is 3. The van der Waals surface area contributed by atoms with Crippen LogP contribution in [-0.2, 0) is 4.79 Å². The quantitative estimate of drug-likeness (QED) is 0.498. The summed E-state index contributed by atoms with van der Waals surface area (Å²) in [5, 5.41) is 17.3. The van der Waals surface area contributed by atoms with Crippen molar-refractivity contribution >= 4 is 5.97 Å². The monoisotopic (exact) mass is 147 g/mol. The molecule has 0 saturated heterocycles. The minimum Gasteiger partial charge on any atom is -0.480 e. The lowest BCUT2D eigenvalue weighted by molar-refractivity contribution is -0.140. The number of hydrogen-bond donors (Lipinski definition) is 3. The van der Waals surface area contributed by atoms with E-state index in [1.54, 1.807) is 6.92 Å². The van der Waals surface area contributed by atoms with Crippen molar-refractivity contribution in [2.45, 2.75) is 26.0 Å². The van der Waals surface area contributed by atoms with Gasteiger partial charge in [0.25, 0.3) is 0 Å². The Hall–Kier alpha value is -0.610. The fourth-order valence-corrected chi connectivity index (χ4v) is 0.525. The molecule has 0 saturated carbocycles. The van der Waals surface area contributed by atoms with Crippen LogP contribution in [-0.4, -0.2) is 28.3 Å². The molecule has 0 aliphatic rings. The van der Waals surface area contributed by atoms with Crippen LogP contribution in [0.2, 0.25) is 0 Å². The van der Waals surface area contributed by atoms with Crippen molar-refractivity contribution in [1.29, 1.82) is 0 Å². The summed E-state index contributed by atoms with van der Waals surface area (Å²) in [5.74, 6) is -1.48. The van der Waals surface area contributed by atoms with Crippen molar-refractivity contribution in [1.82, 2.24) is 0 Å². The molecule has 1 unspecified atom stereocenters. The van der Waals surface area contributed by atoms with Gasteiger partial charge in [-0.25, -0.2) is 0 Å². The average molecular weight is 147 g/mol. The summed E-state index contributed by atoms with van der Waals surface area (Å²) >= 11 is 0. The van der Waals surface area contributed by atoms with Gasteiger partial charge in [0.1, 0.15) is 6.04 Å². The maximum atomic E-state index is 10.2. The van der Waals surface area contributed by atoms with E-state index in [2.05, 4.69) is 0 Å². The second-order valence-electron chi connectivity index (χ2n) is 2.46. The second-order valence-corrected chi connectivity index (χ2v) is 2.46. The first-order valence-electron chi connectivity index (χ1n) is 3.13. The van der Waals surface area contributed by atoms with Crippen molar-refractivity contribution in [3.63, 3.8) is 0 Å². The van der Waals surface area contributed by atoms with Crippen molar-refractivity contribution in [2.24, 2.45) is 11.7 Å². The minimum absolute atomic E-state index is 0.405. The van der Waals surface area contributed by atoms with E-state index in [0.717, 1.165) is 0 Å². The first kappa shape index (κ1) is 9.39. The molecule has 0 radical (unpaired) electrons. The van der Waals surface area contributed by atoms with E-state index in [9.17, 15) is 4.79 Å². The predicted octanol–water partition coefficient (Wildman–Crippen LogP) is -0.585. The van der Waals surface area contributed by atoms with Gasteiger partial charge in [-0.1, -0.05) is 6.92 Å². The number of hydrogen-bond acceptors (Lipinski definition) is 3. The third-order valence-electron chi connectivity index (χ3n) is 1.61. The summed E-state index contributed by atoms with van der Waals surface area (Å²) in [5.41, 5.74) is 5.20. The number of carbonyl (C=O) groups is 1. The maximum absolute atomic E-state index is 10.2. The lowest BCUT2D eigenvalue weighted by Crippen LogP contribution is -2.41. The highest BCUT2D eigenvalue weighted by atomic mass is 16.4. The Labute approximate surface area is 59.7 Å². The van der Waals surface area contributed by atoms with Crippen molar-refractivity contribution < 1.29 is 15.0 Å². The zero-order chi connectivity index (χ0) is 8.31. The molecule has 0 bridgehead atoms. The molecule has 0 fully saturated rings. The van der Waals surface area contributed by atoms with E-state index in [-0.39, 0.29) is 0 Å². The van der Waals surface area contributed by atoms with Crippen LogP contribution in [0.3, 0.4) is 0 Å². The molecule has 4 N–H and O–H groups in total. The van der Waals surface area contributed by atoms with Crippen LogP contribution in [0.1, 0.15) is 13.8 Å². The summed E-state index contributed by atoms with van der Waals surface area (Å²) in [6, 6.07) is -0.972. The van der Waals surface area contributed by atoms with Gasteiger partial charge in [0.2, 0.25) is 0 Å². The Morgan fingerprint density at radius 3 is 2.00 bits per heavy atom. The van der Waals surface area contributed by atoms with Crippen LogP contribution in [0.5, 0.6) is 0 Å². The van der Waals surface area contributed by atoms with Gasteiger partial charge in [-0.3, -0.25) is 4.79 Å². The molecule has 0 amide bonds. The standard InChI is InChI=1S/C6H13NO3/c1-3(4(2)8)5(7)6(9)10/h3-5,8H,7H2,1-2H3,(H,9,10)/t3?,4-,5+/m1/s1. The van der Waals surface area contributed by atoms with Crippen LogP contribution >= 0.6 is 0 Å². The highest BCUT2D eigenvalue weighted by molar-refractivity contribution is 5.73. The number of nitrogens with two attached hydrogens (primary N) is 1. The molecular formula is C6H13NO3. The Morgan fingerprint density at radius 2 is 1.90 bits per heavy atom. The smallest absolute Gasteiger partial charge is 0.320 e. The number of aliphatic hydroxyl groups is 1. The van der Waals surface area contributed by atoms with Gasteiger partial charge in [0.15, 0.2) is 0 Å². The lowest BCUT2D eigenvalue weighted by Gasteiger charge is -2.17. The van der Waals surface area contributed by atoms with Gasteiger partial charge >= 0.3 is 5.97 Å². The molecule has 0 aliphatic heterocycles. The topological polar surface area (TPSA) is 83.6 Å². The highest BCUT2D eigenvalue weighted by Gasteiger charge is 2.23. The highest BCUT2D eigenvalue weighted by Crippen LogP contribution is 2.05. The number of aliphatic hydroxyl groups excluding tert-OH is 1. The second kappa shape index (κ2) is 3.53. The number of carboxylic acids is 1. The van der Waals surface area contributed by atoms with Gasteiger partial charge in [-0.2, -0.15) is 0 Å². The third-order valence-corrected chi connectivity index (χ3v) is 1.61. The van der Waals surface area contributed by atoms with E-state index in [1.165, 1.54) is 6.92 Å². The van der Waals surface area contributed by atoms with Crippen molar-refractivity contribution in [3.05, 3.63) is 0 Å². The van der Waals surface area contributed by atoms with Gasteiger partial charge in [0, 0.05) is 5.92 Å².